The molecule has 27 heavy (non-hydrogen) atoms. The van der Waals surface area contributed by atoms with Gasteiger partial charge in [-0.1, -0.05) is 0 Å². The normalized spacial score (nSPS) is 10.6. The summed E-state index contributed by atoms with van der Waals surface area (Å²) in [6, 6.07) is 11.2. The molecule has 0 fully saturated rings. The largest absolute Gasteiger partial charge is 0.420 e. The molecule has 0 aliphatic rings. The first-order valence-corrected chi connectivity index (χ1v) is 8.15. The Kier molecular flexibility index (Phi) is 4.89. The first-order chi connectivity index (χ1) is 12.8. The predicted molar refractivity (Wildman–Crippen MR) is 99.9 cm³/mol. The van der Waals surface area contributed by atoms with Gasteiger partial charge in [-0.3, -0.25) is 19.0 Å². The van der Waals surface area contributed by atoms with Crippen LogP contribution in [0.15, 0.2) is 51.7 Å². The highest BCUT2D eigenvalue weighted by Gasteiger charge is 2.14. The fourth-order valence-corrected chi connectivity index (χ4v) is 2.62. The maximum absolute atomic E-state index is 12.3. The number of anilines is 2. The summed E-state index contributed by atoms with van der Waals surface area (Å²) in [5.74, 6) is -1.43. The molecule has 3 rings (SSSR count). The molecule has 8 heteroatoms. The number of hydrogen-bond acceptors (Lipinski definition) is 5. The molecule has 2 amide bonds. The quantitative estimate of drug-likeness (QED) is 0.673. The third-order valence-electron chi connectivity index (χ3n) is 3.87. The van der Waals surface area contributed by atoms with Crippen molar-refractivity contribution in [2.45, 2.75) is 20.4 Å². The molecular formula is C19H17N3O5. The summed E-state index contributed by atoms with van der Waals surface area (Å²) >= 11 is 0. The summed E-state index contributed by atoms with van der Waals surface area (Å²) in [7, 11) is 0. The maximum Gasteiger partial charge on any atom is 0.420 e. The van der Waals surface area contributed by atoms with E-state index in [9.17, 15) is 19.2 Å². The van der Waals surface area contributed by atoms with Crippen molar-refractivity contribution in [1.29, 1.82) is 0 Å². The number of benzene rings is 2. The van der Waals surface area contributed by atoms with E-state index >= 15 is 0 Å². The van der Waals surface area contributed by atoms with Crippen LogP contribution in [0.1, 0.15) is 24.2 Å². The lowest BCUT2D eigenvalue weighted by atomic mass is 10.1. The summed E-state index contributed by atoms with van der Waals surface area (Å²) in [5.41, 5.74) is 2.24. The van der Waals surface area contributed by atoms with Gasteiger partial charge in [0.05, 0.1) is 5.52 Å². The number of oxazole rings is 1. The monoisotopic (exact) mass is 367 g/mol. The van der Waals surface area contributed by atoms with Crippen LogP contribution in [0.25, 0.3) is 11.1 Å². The topological polar surface area (TPSA) is 110 Å². The van der Waals surface area contributed by atoms with Gasteiger partial charge < -0.3 is 15.1 Å². The van der Waals surface area contributed by atoms with E-state index in [0.29, 0.717) is 22.5 Å². The predicted octanol–water partition coefficient (Wildman–Crippen LogP) is 2.39. The number of carbonyl (C=O) groups excluding carboxylic acids is 3. The summed E-state index contributed by atoms with van der Waals surface area (Å²) in [6.45, 7) is 2.58. The fraction of sp³-hybridized carbons (Fsp3) is 0.158. The van der Waals surface area contributed by atoms with E-state index < -0.39 is 11.7 Å². The molecule has 0 spiro atoms. The van der Waals surface area contributed by atoms with E-state index in [-0.39, 0.29) is 23.8 Å². The zero-order valence-electron chi connectivity index (χ0n) is 14.7. The lowest BCUT2D eigenvalue weighted by Crippen LogP contribution is -2.24. The van der Waals surface area contributed by atoms with Crippen molar-refractivity contribution < 1.29 is 18.8 Å². The Hall–Kier alpha value is -3.68. The molecule has 0 bridgehead atoms. The molecule has 1 aromatic heterocycles. The molecule has 0 atom stereocenters. The number of hydrogen-bond donors (Lipinski definition) is 2. The van der Waals surface area contributed by atoms with Crippen molar-refractivity contribution in [1.82, 2.24) is 4.57 Å². The fourth-order valence-electron chi connectivity index (χ4n) is 2.62. The van der Waals surface area contributed by atoms with Gasteiger partial charge in [0.15, 0.2) is 11.4 Å². The van der Waals surface area contributed by atoms with Crippen molar-refractivity contribution in [2.75, 3.05) is 10.6 Å². The van der Waals surface area contributed by atoms with E-state index in [4.69, 9.17) is 4.42 Å². The van der Waals surface area contributed by atoms with Gasteiger partial charge in [-0.15, -0.1) is 0 Å². The highest BCUT2D eigenvalue weighted by molar-refractivity contribution is 5.97. The number of rotatable bonds is 5. The number of nitrogens with zero attached hydrogens (tertiary/aromatic N) is 1. The number of ketones is 1. The average Bonchev–Trinajstić information content (AvgIpc) is 2.91. The van der Waals surface area contributed by atoms with Gasteiger partial charge in [-0.25, -0.2) is 4.79 Å². The third-order valence-corrected chi connectivity index (χ3v) is 3.87. The number of Topliss-reactive ketones (excluding diaryl/α,β-unsaturated/α-hetero) is 1. The second-order valence-electron chi connectivity index (χ2n) is 6.00. The number of nitrogens with one attached hydrogen (secondary N) is 2. The minimum Gasteiger partial charge on any atom is -0.408 e. The van der Waals surface area contributed by atoms with Gasteiger partial charge in [-0.05, 0) is 49.4 Å². The van der Waals surface area contributed by atoms with Crippen LogP contribution in [0, 0.1) is 0 Å². The van der Waals surface area contributed by atoms with Crippen molar-refractivity contribution in [3.8, 4) is 0 Å². The molecule has 0 aliphatic heterocycles. The van der Waals surface area contributed by atoms with Gasteiger partial charge in [0.1, 0.15) is 6.54 Å². The minimum absolute atomic E-state index is 0.146. The van der Waals surface area contributed by atoms with Crippen LogP contribution >= 0.6 is 0 Å². The first kappa shape index (κ1) is 18.1. The lowest BCUT2D eigenvalue weighted by Gasteiger charge is -2.07. The zero-order valence-corrected chi connectivity index (χ0v) is 14.7. The number of carbonyl (C=O) groups is 3. The molecule has 138 valence electrons. The second kappa shape index (κ2) is 7.28. The Bertz CT molecular complexity index is 1090. The van der Waals surface area contributed by atoms with Crippen molar-refractivity contribution in [3.05, 3.63) is 58.6 Å². The molecule has 0 unspecified atom stereocenters. The SMILES string of the molecule is CC(=O)Nc1ccc(NC(=O)Cn2c(=O)oc3cc(C(C)=O)ccc32)cc1. The molecular weight excluding hydrogens is 350 g/mol. The average molecular weight is 367 g/mol. The van der Waals surface area contributed by atoms with Crippen LogP contribution in [0.3, 0.4) is 0 Å². The molecule has 0 aliphatic carbocycles. The lowest BCUT2D eigenvalue weighted by molar-refractivity contribution is -0.117. The zero-order chi connectivity index (χ0) is 19.6. The standard InChI is InChI=1S/C19H17N3O5/c1-11(23)13-3-8-16-17(9-13)27-19(26)22(16)10-18(25)21-15-6-4-14(5-7-15)20-12(2)24/h3-9H,10H2,1-2H3,(H,20,24)(H,21,25). The Labute approximate surface area is 153 Å². The Morgan fingerprint density at radius 3 is 2.19 bits per heavy atom. The van der Waals surface area contributed by atoms with Crippen LogP contribution in [0.4, 0.5) is 11.4 Å². The van der Waals surface area contributed by atoms with Gasteiger partial charge >= 0.3 is 5.76 Å². The Morgan fingerprint density at radius 2 is 1.59 bits per heavy atom. The first-order valence-electron chi connectivity index (χ1n) is 8.15. The van der Waals surface area contributed by atoms with Gasteiger partial charge in [0.2, 0.25) is 11.8 Å². The van der Waals surface area contributed by atoms with Crippen molar-refractivity contribution >= 4 is 40.1 Å². The Morgan fingerprint density at radius 1 is 0.963 bits per heavy atom. The van der Waals surface area contributed by atoms with Crippen LogP contribution in [-0.4, -0.2) is 22.2 Å². The molecule has 8 nitrogen and oxygen atoms in total. The third kappa shape index (κ3) is 4.12. The van der Waals surface area contributed by atoms with Crippen molar-refractivity contribution in [3.63, 3.8) is 0 Å². The molecule has 2 N–H and O–H groups in total. The van der Waals surface area contributed by atoms with Crippen LogP contribution in [0.2, 0.25) is 0 Å². The molecule has 0 radical (unpaired) electrons. The number of amides is 2. The summed E-state index contributed by atoms with van der Waals surface area (Å²) in [6.07, 6.45) is 0. The summed E-state index contributed by atoms with van der Waals surface area (Å²) in [5, 5.41) is 5.30. The summed E-state index contributed by atoms with van der Waals surface area (Å²) < 4.78 is 6.32. The van der Waals surface area contributed by atoms with E-state index in [0.717, 1.165) is 0 Å². The smallest absolute Gasteiger partial charge is 0.408 e. The van der Waals surface area contributed by atoms with E-state index in [2.05, 4.69) is 10.6 Å². The van der Waals surface area contributed by atoms with Crippen LogP contribution in [-0.2, 0) is 16.1 Å². The molecule has 0 saturated carbocycles. The van der Waals surface area contributed by atoms with Crippen LogP contribution < -0.4 is 16.4 Å². The highest BCUT2D eigenvalue weighted by Crippen LogP contribution is 2.17. The maximum atomic E-state index is 12.3. The van der Waals surface area contributed by atoms with Gasteiger partial charge in [-0.2, -0.15) is 0 Å². The summed E-state index contributed by atoms with van der Waals surface area (Å²) in [4.78, 5) is 46.8. The van der Waals surface area contributed by atoms with E-state index in [1.54, 1.807) is 36.4 Å². The minimum atomic E-state index is -0.679. The van der Waals surface area contributed by atoms with Gasteiger partial charge in [0.25, 0.3) is 0 Å². The van der Waals surface area contributed by atoms with Gasteiger partial charge in [0, 0.05) is 23.9 Å². The van der Waals surface area contributed by atoms with E-state index in [1.807, 2.05) is 0 Å². The van der Waals surface area contributed by atoms with E-state index in [1.165, 1.54) is 24.5 Å². The van der Waals surface area contributed by atoms with Crippen molar-refractivity contribution in [2.24, 2.45) is 0 Å². The second-order valence-corrected chi connectivity index (χ2v) is 6.00. The molecule has 2 aromatic carbocycles. The number of aromatic nitrogens is 1. The molecule has 0 saturated heterocycles. The molecule has 3 aromatic rings. The Balaban J connectivity index is 1.76. The van der Waals surface area contributed by atoms with Crippen LogP contribution in [0.5, 0.6) is 0 Å². The highest BCUT2D eigenvalue weighted by atomic mass is 16.4. The number of fused-ring (bicyclic) bond motifs is 1. The molecule has 1 heterocycles.